The Kier molecular flexibility index (Phi) is 7.68. The quantitative estimate of drug-likeness (QED) is 0.387. The second kappa shape index (κ2) is 10.9. The van der Waals surface area contributed by atoms with Crippen molar-refractivity contribution in [2.45, 2.75) is 39.3 Å². The summed E-state index contributed by atoms with van der Waals surface area (Å²) < 4.78 is 36.5. The summed E-state index contributed by atoms with van der Waals surface area (Å²) in [6, 6.07) is 9.95. The lowest BCUT2D eigenvalue weighted by molar-refractivity contribution is -0.0533. The summed E-state index contributed by atoms with van der Waals surface area (Å²) in [7, 11) is 0. The summed E-state index contributed by atoms with van der Waals surface area (Å²) in [6.45, 7) is 0.0881. The first-order valence-electron chi connectivity index (χ1n) is 11.2. The van der Waals surface area contributed by atoms with Crippen molar-refractivity contribution in [2.75, 3.05) is 17.2 Å². The number of aromatic nitrogens is 3. The number of rotatable bonds is 9. The van der Waals surface area contributed by atoms with Crippen LogP contribution in [0.2, 0.25) is 5.15 Å². The number of carbonyl (C=O) groups is 1. The van der Waals surface area contributed by atoms with Gasteiger partial charge in [0.1, 0.15) is 11.8 Å². The van der Waals surface area contributed by atoms with Crippen molar-refractivity contribution in [3.63, 3.8) is 0 Å². The second-order valence-electron chi connectivity index (χ2n) is 8.37. The summed E-state index contributed by atoms with van der Waals surface area (Å²) in [6.07, 6.45) is 2.52. The first kappa shape index (κ1) is 25.4. The van der Waals surface area contributed by atoms with Gasteiger partial charge in [0.25, 0.3) is 5.56 Å². The normalized spacial score (nSPS) is 13.8. The Hall–Kier alpha value is -3.73. The van der Waals surface area contributed by atoms with E-state index in [1.54, 1.807) is 38.1 Å². The number of pyridine rings is 1. The zero-order chi connectivity index (χ0) is 25.8. The first-order valence-corrected chi connectivity index (χ1v) is 11.6. The van der Waals surface area contributed by atoms with Gasteiger partial charge in [0.05, 0.1) is 17.4 Å². The average molecular weight is 520 g/mol. The van der Waals surface area contributed by atoms with Gasteiger partial charge in [0.2, 0.25) is 5.88 Å². The number of para-hydroxylation sites is 1. The molecular weight excluding hydrogens is 496 g/mol. The van der Waals surface area contributed by atoms with Gasteiger partial charge in [-0.1, -0.05) is 29.8 Å². The molecule has 0 bridgehead atoms. The van der Waals surface area contributed by atoms with Gasteiger partial charge in [-0.3, -0.25) is 10.1 Å². The number of amides is 1. The Bertz CT molecular complexity index is 1300. The highest BCUT2D eigenvalue weighted by atomic mass is 35.5. The number of nitrogens with one attached hydrogen (secondary N) is 2. The van der Waals surface area contributed by atoms with Crippen LogP contribution in [0.25, 0.3) is 0 Å². The number of nitrogens with zero attached hydrogens (tertiary/aromatic N) is 3. The van der Waals surface area contributed by atoms with Crippen molar-refractivity contribution in [1.29, 1.82) is 0 Å². The van der Waals surface area contributed by atoms with Crippen molar-refractivity contribution in [1.82, 2.24) is 14.5 Å². The number of alkyl halides is 2. The molecule has 1 aliphatic rings. The van der Waals surface area contributed by atoms with E-state index in [0.29, 0.717) is 22.6 Å². The standard InChI is InChI=1S/C24H24ClF2N5O4/c1-13-10-17(14(2)28-21(13)36-23(26)27)30-20-22(33)32(11-19(25)31-20)18(15-8-9-15)12-35-24(34)29-16-6-4-3-5-7-16/h3-7,10-11,15,18,23H,8-9,12H2,1-2H3,(H,29,34)(H,30,31)/t18-/m0/s1. The van der Waals surface area contributed by atoms with Crippen molar-refractivity contribution >= 4 is 34.9 Å². The van der Waals surface area contributed by atoms with Crippen molar-refractivity contribution < 1.29 is 23.0 Å². The lowest BCUT2D eigenvalue weighted by Crippen LogP contribution is -2.32. The van der Waals surface area contributed by atoms with Crippen LogP contribution in [0.4, 0.5) is 30.8 Å². The molecule has 3 aromatic rings. The van der Waals surface area contributed by atoms with Crippen molar-refractivity contribution in [3.8, 4) is 5.88 Å². The van der Waals surface area contributed by atoms with Crippen LogP contribution in [-0.2, 0) is 4.74 Å². The summed E-state index contributed by atoms with van der Waals surface area (Å²) >= 11 is 6.23. The van der Waals surface area contributed by atoms with Crippen LogP contribution in [0.3, 0.4) is 0 Å². The molecule has 1 aliphatic carbocycles. The lowest BCUT2D eigenvalue weighted by atomic mass is 10.2. The maximum Gasteiger partial charge on any atom is 0.411 e. The second-order valence-corrected chi connectivity index (χ2v) is 8.75. The van der Waals surface area contributed by atoms with E-state index in [-0.39, 0.29) is 29.4 Å². The minimum Gasteiger partial charge on any atom is -0.447 e. The van der Waals surface area contributed by atoms with E-state index in [1.807, 2.05) is 6.07 Å². The third-order valence-corrected chi connectivity index (χ3v) is 5.82. The molecule has 1 saturated carbocycles. The largest absolute Gasteiger partial charge is 0.447 e. The molecular formula is C24H24ClF2N5O4. The monoisotopic (exact) mass is 519 g/mol. The summed E-state index contributed by atoms with van der Waals surface area (Å²) in [5, 5.41) is 5.60. The number of ether oxygens (including phenoxy) is 2. The van der Waals surface area contributed by atoms with Crippen molar-refractivity contribution in [3.05, 3.63) is 69.4 Å². The van der Waals surface area contributed by atoms with Gasteiger partial charge >= 0.3 is 12.7 Å². The highest BCUT2D eigenvalue weighted by molar-refractivity contribution is 6.29. The Morgan fingerprint density at radius 1 is 1.22 bits per heavy atom. The van der Waals surface area contributed by atoms with Gasteiger partial charge in [0.15, 0.2) is 5.82 Å². The molecule has 1 fully saturated rings. The number of anilines is 3. The lowest BCUT2D eigenvalue weighted by Gasteiger charge is -2.21. The van der Waals surface area contributed by atoms with E-state index in [2.05, 4.69) is 25.3 Å². The fraction of sp³-hybridized carbons (Fsp3) is 0.333. The van der Waals surface area contributed by atoms with E-state index >= 15 is 0 Å². The first-order chi connectivity index (χ1) is 17.2. The third kappa shape index (κ3) is 6.28. The molecule has 190 valence electrons. The summed E-state index contributed by atoms with van der Waals surface area (Å²) in [5.41, 5.74) is 1.16. The van der Waals surface area contributed by atoms with E-state index in [4.69, 9.17) is 16.3 Å². The topological polar surface area (TPSA) is 107 Å². The zero-order valence-corrected chi connectivity index (χ0v) is 20.3. The summed E-state index contributed by atoms with van der Waals surface area (Å²) in [4.78, 5) is 33.7. The molecule has 1 amide bonds. The molecule has 2 aromatic heterocycles. The molecule has 2 N–H and O–H groups in total. The summed E-state index contributed by atoms with van der Waals surface area (Å²) in [5.74, 6) is -0.145. The number of aryl methyl sites for hydroxylation is 2. The molecule has 0 unspecified atom stereocenters. The fourth-order valence-corrected chi connectivity index (χ4v) is 3.90. The van der Waals surface area contributed by atoms with Gasteiger partial charge in [0, 0.05) is 17.4 Å². The van der Waals surface area contributed by atoms with E-state index in [1.165, 1.54) is 16.8 Å². The highest BCUT2D eigenvalue weighted by Crippen LogP contribution is 2.39. The van der Waals surface area contributed by atoms with Crippen LogP contribution in [0.5, 0.6) is 5.88 Å². The number of benzene rings is 1. The van der Waals surface area contributed by atoms with Crippen molar-refractivity contribution in [2.24, 2.45) is 5.92 Å². The SMILES string of the molecule is Cc1cc(Nc2nc(Cl)cn([C@@H](COC(=O)Nc3ccccc3)C3CC3)c2=O)c(C)nc1OC(F)F. The van der Waals surface area contributed by atoms with Crippen LogP contribution in [0.15, 0.2) is 47.4 Å². The Morgan fingerprint density at radius 2 is 1.94 bits per heavy atom. The fourth-order valence-electron chi connectivity index (χ4n) is 3.71. The highest BCUT2D eigenvalue weighted by Gasteiger charge is 2.35. The number of hydrogen-bond acceptors (Lipinski definition) is 7. The van der Waals surface area contributed by atoms with Gasteiger partial charge in [-0.15, -0.1) is 0 Å². The van der Waals surface area contributed by atoms with E-state index < -0.39 is 24.3 Å². The van der Waals surface area contributed by atoms with Crippen LogP contribution >= 0.6 is 11.6 Å². The molecule has 0 saturated heterocycles. The molecule has 1 atom stereocenters. The Morgan fingerprint density at radius 3 is 2.61 bits per heavy atom. The van der Waals surface area contributed by atoms with E-state index in [9.17, 15) is 18.4 Å². The maximum atomic E-state index is 13.3. The minimum atomic E-state index is -3.01. The molecule has 0 radical (unpaired) electrons. The number of halogens is 3. The Labute approximate surface area is 210 Å². The van der Waals surface area contributed by atoms with Gasteiger partial charge in [-0.2, -0.15) is 8.78 Å². The minimum absolute atomic E-state index is 0.0393. The third-order valence-electron chi connectivity index (χ3n) is 5.64. The zero-order valence-electron chi connectivity index (χ0n) is 19.5. The number of hydrogen-bond donors (Lipinski definition) is 2. The Balaban J connectivity index is 1.54. The molecule has 2 heterocycles. The predicted octanol–water partition coefficient (Wildman–Crippen LogP) is 5.45. The van der Waals surface area contributed by atoms with Gasteiger partial charge in [-0.25, -0.2) is 14.8 Å². The average Bonchev–Trinajstić information content (AvgIpc) is 3.65. The van der Waals surface area contributed by atoms with Crippen LogP contribution < -0.4 is 20.9 Å². The van der Waals surface area contributed by atoms with Gasteiger partial charge < -0.3 is 19.4 Å². The van der Waals surface area contributed by atoms with Gasteiger partial charge in [-0.05, 0) is 50.8 Å². The van der Waals surface area contributed by atoms with E-state index in [0.717, 1.165) is 12.8 Å². The van der Waals surface area contributed by atoms with Crippen LogP contribution in [0.1, 0.15) is 30.1 Å². The molecule has 4 rings (SSSR count). The molecule has 0 aliphatic heterocycles. The maximum absolute atomic E-state index is 13.3. The molecule has 9 nitrogen and oxygen atoms in total. The molecule has 0 spiro atoms. The number of carbonyl (C=O) groups excluding carboxylic acids is 1. The molecule has 36 heavy (non-hydrogen) atoms. The molecule has 12 heteroatoms. The predicted molar refractivity (Wildman–Crippen MR) is 130 cm³/mol. The van der Waals surface area contributed by atoms with Crippen LogP contribution in [0, 0.1) is 19.8 Å². The smallest absolute Gasteiger partial charge is 0.411 e. The van der Waals surface area contributed by atoms with Crippen LogP contribution in [-0.4, -0.2) is 33.8 Å². The molecule has 1 aromatic carbocycles.